The van der Waals surface area contributed by atoms with Crippen molar-refractivity contribution >= 4 is 23.5 Å². The molecule has 0 radical (unpaired) electrons. The number of aromatic nitrogens is 2. The van der Waals surface area contributed by atoms with Crippen LogP contribution in [0.2, 0.25) is 0 Å². The number of methoxy groups -OCH3 is 1. The number of carbonyl (C=O) groups excluding carboxylic acids is 2. The molecule has 2 aromatic heterocycles. The van der Waals surface area contributed by atoms with E-state index in [1.54, 1.807) is 42.7 Å². The smallest absolute Gasteiger partial charge is 0.337 e. The Kier molecular flexibility index (Phi) is 5.23. The van der Waals surface area contributed by atoms with Gasteiger partial charge in [0.15, 0.2) is 0 Å². The number of amides is 1. The number of hydrogen-bond donors (Lipinski definition) is 2. The van der Waals surface area contributed by atoms with Gasteiger partial charge in [-0.05, 0) is 30.3 Å². The maximum atomic E-state index is 12.1. The first-order chi connectivity index (χ1) is 12.7. The van der Waals surface area contributed by atoms with Crippen LogP contribution in [-0.2, 0) is 11.3 Å². The zero-order valence-electron chi connectivity index (χ0n) is 13.9. The highest BCUT2D eigenvalue weighted by Gasteiger charge is 2.09. The third-order valence-corrected chi connectivity index (χ3v) is 3.46. The fourth-order valence-corrected chi connectivity index (χ4v) is 2.16. The lowest BCUT2D eigenvalue weighted by Gasteiger charge is -2.07. The Morgan fingerprint density at radius 1 is 1.12 bits per heavy atom. The van der Waals surface area contributed by atoms with Gasteiger partial charge in [-0.2, -0.15) is 0 Å². The Bertz CT molecular complexity index is 892. The third kappa shape index (κ3) is 4.23. The number of rotatable bonds is 6. The molecule has 8 heteroatoms. The van der Waals surface area contributed by atoms with E-state index >= 15 is 0 Å². The van der Waals surface area contributed by atoms with E-state index < -0.39 is 5.97 Å². The first kappa shape index (κ1) is 17.2. The van der Waals surface area contributed by atoms with Crippen LogP contribution in [0.1, 0.15) is 26.5 Å². The standard InChI is InChI=1S/C18H16N4O4/c1-25-17(24)12-4-2-5-14(8-12)22-18-20-9-13(10-21-18)16(23)19-11-15-6-3-7-26-15/h2-10H,11H2,1H3,(H,19,23)(H,20,21,22). The minimum Gasteiger partial charge on any atom is -0.467 e. The summed E-state index contributed by atoms with van der Waals surface area (Å²) in [6.07, 6.45) is 4.37. The van der Waals surface area contributed by atoms with E-state index in [9.17, 15) is 9.59 Å². The van der Waals surface area contributed by atoms with Crippen LogP contribution < -0.4 is 10.6 Å². The SMILES string of the molecule is COC(=O)c1cccc(Nc2ncc(C(=O)NCc3ccco3)cn2)c1. The van der Waals surface area contributed by atoms with E-state index in [0.717, 1.165) is 0 Å². The molecule has 0 spiro atoms. The van der Waals surface area contributed by atoms with Gasteiger partial charge in [-0.15, -0.1) is 0 Å². The van der Waals surface area contributed by atoms with Crippen molar-refractivity contribution in [1.82, 2.24) is 15.3 Å². The van der Waals surface area contributed by atoms with Crippen LogP contribution in [0.4, 0.5) is 11.6 Å². The predicted molar refractivity (Wildman–Crippen MR) is 93.0 cm³/mol. The van der Waals surface area contributed by atoms with E-state index in [4.69, 9.17) is 4.42 Å². The van der Waals surface area contributed by atoms with Gasteiger partial charge < -0.3 is 19.8 Å². The summed E-state index contributed by atoms with van der Waals surface area (Å²) in [6, 6.07) is 10.3. The molecule has 1 amide bonds. The number of anilines is 2. The van der Waals surface area contributed by atoms with Crippen LogP contribution in [0.15, 0.2) is 59.5 Å². The molecule has 0 aliphatic rings. The summed E-state index contributed by atoms with van der Waals surface area (Å²) >= 11 is 0. The van der Waals surface area contributed by atoms with Crippen LogP contribution in [0.5, 0.6) is 0 Å². The first-order valence-electron chi connectivity index (χ1n) is 7.74. The summed E-state index contributed by atoms with van der Waals surface area (Å²) in [7, 11) is 1.32. The maximum Gasteiger partial charge on any atom is 0.337 e. The molecule has 0 saturated carbocycles. The van der Waals surface area contributed by atoms with Gasteiger partial charge in [0.25, 0.3) is 5.91 Å². The number of carbonyl (C=O) groups is 2. The summed E-state index contributed by atoms with van der Waals surface area (Å²) in [6.45, 7) is 0.284. The van der Waals surface area contributed by atoms with Crippen LogP contribution >= 0.6 is 0 Å². The fraction of sp³-hybridized carbons (Fsp3) is 0.111. The van der Waals surface area contributed by atoms with E-state index in [1.165, 1.54) is 19.5 Å². The second-order valence-electron chi connectivity index (χ2n) is 5.25. The van der Waals surface area contributed by atoms with Gasteiger partial charge in [-0.3, -0.25) is 4.79 Å². The van der Waals surface area contributed by atoms with Crippen molar-refractivity contribution < 1.29 is 18.7 Å². The first-order valence-corrected chi connectivity index (χ1v) is 7.74. The topological polar surface area (TPSA) is 106 Å². The highest BCUT2D eigenvalue weighted by Crippen LogP contribution is 2.15. The van der Waals surface area contributed by atoms with Gasteiger partial charge in [0.2, 0.25) is 5.95 Å². The summed E-state index contributed by atoms with van der Waals surface area (Å²) < 4.78 is 9.84. The number of benzene rings is 1. The summed E-state index contributed by atoms with van der Waals surface area (Å²) in [4.78, 5) is 31.8. The maximum absolute atomic E-state index is 12.1. The van der Waals surface area contributed by atoms with E-state index in [-0.39, 0.29) is 12.5 Å². The number of ether oxygens (including phenoxy) is 1. The lowest BCUT2D eigenvalue weighted by molar-refractivity contribution is 0.0600. The molecule has 0 saturated heterocycles. The molecule has 1 aromatic carbocycles. The summed E-state index contributed by atoms with van der Waals surface area (Å²) in [5, 5.41) is 5.68. The Labute approximate surface area is 149 Å². The van der Waals surface area contributed by atoms with Crippen molar-refractivity contribution in [1.29, 1.82) is 0 Å². The Morgan fingerprint density at radius 3 is 2.62 bits per heavy atom. The van der Waals surface area contributed by atoms with Gasteiger partial charge in [-0.25, -0.2) is 14.8 Å². The molecule has 3 rings (SSSR count). The predicted octanol–water partition coefficient (Wildman–Crippen LogP) is 2.53. The molecular weight excluding hydrogens is 336 g/mol. The zero-order valence-corrected chi connectivity index (χ0v) is 13.9. The molecule has 26 heavy (non-hydrogen) atoms. The molecule has 0 aliphatic heterocycles. The van der Waals surface area contributed by atoms with Gasteiger partial charge in [0.05, 0.1) is 31.0 Å². The molecule has 0 atom stereocenters. The van der Waals surface area contributed by atoms with Crippen molar-refractivity contribution in [2.24, 2.45) is 0 Å². The molecule has 3 aromatic rings. The van der Waals surface area contributed by atoms with Crippen LogP contribution in [0, 0.1) is 0 Å². The molecule has 0 aliphatic carbocycles. The van der Waals surface area contributed by atoms with Crippen molar-refractivity contribution in [2.45, 2.75) is 6.54 Å². The van der Waals surface area contributed by atoms with Gasteiger partial charge in [-0.1, -0.05) is 6.07 Å². The average Bonchev–Trinajstić information content (AvgIpc) is 3.20. The largest absolute Gasteiger partial charge is 0.467 e. The number of furan rings is 1. The molecular formula is C18H16N4O4. The average molecular weight is 352 g/mol. The van der Waals surface area contributed by atoms with E-state index in [1.807, 2.05) is 0 Å². The second kappa shape index (κ2) is 7.93. The summed E-state index contributed by atoms with van der Waals surface area (Å²) in [5.74, 6) is 0.219. The van der Waals surface area contributed by atoms with Crippen molar-refractivity contribution in [3.8, 4) is 0 Å². The highest BCUT2D eigenvalue weighted by atomic mass is 16.5. The molecule has 8 nitrogen and oxygen atoms in total. The zero-order chi connectivity index (χ0) is 18.4. The number of nitrogens with zero attached hydrogens (tertiary/aromatic N) is 2. The van der Waals surface area contributed by atoms with E-state index in [2.05, 4.69) is 25.3 Å². The molecule has 2 heterocycles. The highest BCUT2D eigenvalue weighted by molar-refractivity contribution is 5.93. The molecule has 132 valence electrons. The van der Waals surface area contributed by atoms with Crippen LogP contribution in [-0.4, -0.2) is 29.0 Å². The number of nitrogens with one attached hydrogen (secondary N) is 2. The second-order valence-corrected chi connectivity index (χ2v) is 5.25. The molecule has 0 bridgehead atoms. The fourth-order valence-electron chi connectivity index (χ4n) is 2.16. The van der Waals surface area contributed by atoms with Gasteiger partial charge in [0, 0.05) is 18.1 Å². The lowest BCUT2D eigenvalue weighted by Crippen LogP contribution is -2.23. The number of hydrogen-bond acceptors (Lipinski definition) is 7. The Balaban J connectivity index is 1.62. The Hall–Kier alpha value is -3.68. The normalized spacial score (nSPS) is 10.2. The Morgan fingerprint density at radius 2 is 1.92 bits per heavy atom. The van der Waals surface area contributed by atoms with Crippen LogP contribution in [0.3, 0.4) is 0 Å². The van der Waals surface area contributed by atoms with Crippen molar-refractivity contribution in [3.05, 3.63) is 71.9 Å². The third-order valence-electron chi connectivity index (χ3n) is 3.46. The molecule has 2 N–H and O–H groups in total. The van der Waals surface area contributed by atoms with Crippen molar-refractivity contribution in [2.75, 3.05) is 12.4 Å². The monoisotopic (exact) mass is 352 g/mol. The summed E-state index contributed by atoms with van der Waals surface area (Å²) in [5.41, 5.74) is 1.36. The van der Waals surface area contributed by atoms with Gasteiger partial charge in [0.1, 0.15) is 5.76 Å². The molecule has 0 fully saturated rings. The quantitative estimate of drug-likeness (QED) is 0.657. The lowest BCUT2D eigenvalue weighted by atomic mass is 10.2. The molecule has 0 unspecified atom stereocenters. The number of esters is 1. The van der Waals surface area contributed by atoms with Gasteiger partial charge >= 0.3 is 5.97 Å². The van der Waals surface area contributed by atoms with Crippen LogP contribution in [0.25, 0.3) is 0 Å². The van der Waals surface area contributed by atoms with Crippen molar-refractivity contribution in [3.63, 3.8) is 0 Å². The van der Waals surface area contributed by atoms with E-state index in [0.29, 0.717) is 28.5 Å². The minimum absolute atomic E-state index is 0.284. The minimum atomic E-state index is -0.432.